The first-order valence-electron chi connectivity index (χ1n) is 21.6. The predicted octanol–water partition coefficient (Wildman–Crippen LogP) is 10.8. The number of nitrogens with one attached hydrogen (secondary N) is 1. The van der Waals surface area contributed by atoms with Gasteiger partial charge in [0.25, 0.3) is 15.9 Å². The maximum Gasteiger partial charge on any atom is 0.423 e. The van der Waals surface area contributed by atoms with Crippen LogP contribution in [-0.4, -0.2) is 59.7 Å². The third-order valence-corrected chi connectivity index (χ3v) is 13.8. The molecule has 1 aliphatic heterocycles. The van der Waals surface area contributed by atoms with Gasteiger partial charge in [0.15, 0.2) is 17.6 Å². The maximum atomic E-state index is 15.1. The van der Waals surface area contributed by atoms with Crippen LogP contribution in [0.25, 0.3) is 0 Å². The highest BCUT2D eigenvalue weighted by molar-refractivity contribution is 7.99. The van der Waals surface area contributed by atoms with Crippen LogP contribution in [0.3, 0.4) is 0 Å². The number of amidine groups is 1. The highest BCUT2D eigenvalue weighted by Crippen LogP contribution is 2.39. The first kappa shape index (κ1) is 47.1. The fraction of sp³-hybridized carbons (Fsp3) is 0.622. The molecule has 13 heteroatoms. The lowest BCUT2D eigenvalue weighted by Crippen LogP contribution is -2.49. The molecule has 2 heterocycles. The molecule has 0 saturated heterocycles. The number of ether oxygens (including phenoxy) is 1. The van der Waals surface area contributed by atoms with Gasteiger partial charge in [0, 0.05) is 36.8 Å². The summed E-state index contributed by atoms with van der Waals surface area (Å²) in [6, 6.07) is 10.7. The Bertz CT molecular complexity index is 1970. The topological polar surface area (TPSA) is 143 Å². The first-order valence-corrected chi connectivity index (χ1v) is 24.0. The fourth-order valence-electron chi connectivity index (χ4n) is 7.07. The van der Waals surface area contributed by atoms with E-state index in [4.69, 9.17) is 14.1 Å². The van der Waals surface area contributed by atoms with Crippen molar-refractivity contribution in [3.63, 3.8) is 0 Å². The largest absolute Gasteiger partial charge is 0.492 e. The normalized spacial score (nSPS) is 14.9. The number of hydrogen-bond acceptors (Lipinski definition) is 9. The molecule has 58 heavy (non-hydrogen) atoms. The molecule has 3 aromatic rings. The summed E-state index contributed by atoms with van der Waals surface area (Å²) in [7, 11) is -4.26. The number of rotatable bonds is 25. The summed E-state index contributed by atoms with van der Waals surface area (Å²) in [4.78, 5) is 34.5. The number of aryl methyl sites for hydroxylation is 1. The van der Waals surface area contributed by atoms with Gasteiger partial charge in [-0.25, -0.2) is 22.8 Å². The Morgan fingerprint density at radius 3 is 2.31 bits per heavy atom. The average Bonchev–Trinajstić information content (AvgIpc) is 3.46. The second-order valence-corrected chi connectivity index (χ2v) is 19.3. The van der Waals surface area contributed by atoms with Crippen molar-refractivity contribution in [3.05, 3.63) is 64.3 Å². The van der Waals surface area contributed by atoms with Crippen molar-refractivity contribution >= 4 is 44.9 Å². The summed E-state index contributed by atoms with van der Waals surface area (Å²) >= 11 is 1.70. The number of amides is 1. The lowest BCUT2D eigenvalue weighted by molar-refractivity contribution is -0.117. The summed E-state index contributed by atoms with van der Waals surface area (Å²) < 4.78 is 42.2. The Kier molecular flexibility index (Phi) is 18.5. The van der Waals surface area contributed by atoms with E-state index in [1.165, 1.54) is 31.7 Å². The molecule has 1 aliphatic rings. The molecule has 2 aromatic carbocycles. The van der Waals surface area contributed by atoms with E-state index in [9.17, 15) is 18.3 Å². The van der Waals surface area contributed by atoms with E-state index in [-0.39, 0.29) is 47.2 Å². The minimum atomic E-state index is -4.26. The van der Waals surface area contributed by atoms with Gasteiger partial charge in [-0.1, -0.05) is 118 Å². The van der Waals surface area contributed by atoms with Crippen LogP contribution in [-0.2, 0) is 31.4 Å². The SMILES string of the molecule is CCCCCCC(CCCC)CSc1ccc(C(C)(C)C)cc1NC(=O)C(C1=Nc2ccccc2S(=O)(=O)N1CCCOCCCC)n1c(O)c(CCCC)oc1=O. The van der Waals surface area contributed by atoms with Gasteiger partial charge in [0.1, 0.15) is 4.90 Å². The molecule has 2 unspecified atom stereocenters. The van der Waals surface area contributed by atoms with Crippen molar-refractivity contribution in [2.75, 3.05) is 30.8 Å². The van der Waals surface area contributed by atoms with Crippen LogP contribution in [0.1, 0.15) is 149 Å². The number of aliphatic imine (C=N–C) groups is 1. The highest BCUT2D eigenvalue weighted by Gasteiger charge is 2.43. The van der Waals surface area contributed by atoms with Crippen LogP contribution >= 0.6 is 11.8 Å². The van der Waals surface area contributed by atoms with Crippen LogP contribution in [0.5, 0.6) is 5.88 Å². The number of oxazole rings is 1. The number of nitrogens with zero attached hydrogens (tertiary/aromatic N) is 3. The van der Waals surface area contributed by atoms with E-state index in [0.29, 0.717) is 31.1 Å². The summed E-state index contributed by atoms with van der Waals surface area (Å²) in [6.07, 6.45) is 13.2. The van der Waals surface area contributed by atoms with E-state index >= 15 is 4.79 Å². The molecule has 0 fully saturated rings. The molecule has 0 radical (unpaired) electrons. The molecular weight excluding hydrogens is 773 g/mol. The zero-order valence-electron chi connectivity index (χ0n) is 36.0. The Balaban J connectivity index is 1.83. The van der Waals surface area contributed by atoms with E-state index in [1.807, 2.05) is 19.1 Å². The molecular formula is C45H68N4O7S2. The lowest BCUT2D eigenvalue weighted by Gasteiger charge is -2.33. The molecule has 2 atom stereocenters. The van der Waals surface area contributed by atoms with Gasteiger partial charge in [-0.15, -0.1) is 11.8 Å². The predicted molar refractivity (Wildman–Crippen MR) is 236 cm³/mol. The van der Waals surface area contributed by atoms with Gasteiger partial charge in [-0.05, 0) is 73.3 Å². The standard InChI is InChI=1S/C45H68N4O7S2/c1-8-12-16-17-22-33(21-13-9-2)32-57-38-27-26-34(45(5,6)7)31-36(38)47-42(50)40(49-43(51)37(24-14-10-3)56-44(49)52)41-46-35-23-18-19-25-39(35)58(53,54)48(41)28-20-30-55-29-15-11-4/h18-19,23,25-27,31,33,40,51H,8-17,20-22,24,28-30,32H2,1-7H3,(H,47,50). The van der Waals surface area contributed by atoms with Gasteiger partial charge >= 0.3 is 5.76 Å². The van der Waals surface area contributed by atoms with Gasteiger partial charge < -0.3 is 19.6 Å². The van der Waals surface area contributed by atoms with Crippen molar-refractivity contribution < 1.29 is 27.5 Å². The van der Waals surface area contributed by atoms with Gasteiger partial charge in [-0.3, -0.25) is 9.10 Å². The number of unbranched alkanes of at least 4 members (excludes halogenated alkanes) is 6. The Labute approximate surface area is 351 Å². The number of anilines is 1. The number of carbonyl (C=O) groups excluding carboxylic acids is 1. The van der Waals surface area contributed by atoms with Gasteiger partial charge in [-0.2, -0.15) is 0 Å². The van der Waals surface area contributed by atoms with Crippen LogP contribution < -0.4 is 11.1 Å². The summed E-state index contributed by atoms with van der Waals surface area (Å²) in [5, 5.41) is 14.7. The lowest BCUT2D eigenvalue weighted by atomic mass is 9.87. The van der Waals surface area contributed by atoms with Gasteiger partial charge in [0.2, 0.25) is 5.88 Å². The molecule has 322 valence electrons. The highest BCUT2D eigenvalue weighted by atomic mass is 32.2. The minimum Gasteiger partial charge on any atom is -0.492 e. The molecule has 0 spiro atoms. The summed E-state index contributed by atoms with van der Waals surface area (Å²) in [6.45, 7) is 15.6. The number of benzene rings is 2. The number of thioether (sulfide) groups is 1. The molecule has 4 rings (SSSR count). The van der Waals surface area contributed by atoms with E-state index in [0.717, 1.165) is 70.0 Å². The number of carbonyl (C=O) groups is 1. The Hall–Kier alpha value is -3.55. The first-order chi connectivity index (χ1) is 27.8. The maximum absolute atomic E-state index is 15.1. The van der Waals surface area contributed by atoms with Crippen LogP contribution in [0, 0.1) is 5.92 Å². The third-order valence-electron chi connectivity index (χ3n) is 10.6. The zero-order chi connectivity index (χ0) is 42.3. The number of hydrogen-bond donors (Lipinski definition) is 2. The monoisotopic (exact) mass is 840 g/mol. The second-order valence-electron chi connectivity index (χ2n) is 16.4. The van der Waals surface area contributed by atoms with E-state index < -0.39 is 33.6 Å². The number of aromatic nitrogens is 1. The van der Waals surface area contributed by atoms with Crippen molar-refractivity contribution in [1.82, 2.24) is 8.87 Å². The van der Waals surface area contributed by atoms with E-state index in [1.54, 1.807) is 30.0 Å². The Morgan fingerprint density at radius 2 is 1.60 bits per heavy atom. The minimum absolute atomic E-state index is 0.0129. The second kappa shape index (κ2) is 22.7. The number of sulfonamides is 1. The number of fused-ring (bicyclic) bond motifs is 1. The molecule has 11 nitrogen and oxygen atoms in total. The number of aromatic hydroxyl groups is 1. The quantitative estimate of drug-likeness (QED) is 0.0634. The smallest absolute Gasteiger partial charge is 0.423 e. The van der Waals surface area contributed by atoms with E-state index in [2.05, 4.69) is 52.9 Å². The molecule has 0 saturated carbocycles. The summed E-state index contributed by atoms with van der Waals surface area (Å²) in [5.74, 6) is -1.02. The van der Waals surface area contributed by atoms with Crippen LogP contribution in [0.2, 0.25) is 0 Å². The third kappa shape index (κ3) is 12.5. The molecule has 0 bridgehead atoms. The Morgan fingerprint density at radius 1 is 0.914 bits per heavy atom. The van der Waals surface area contributed by atoms with Crippen molar-refractivity contribution in [2.24, 2.45) is 10.9 Å². The van der Waals surface area contributed by atoms with Crippen LogP contribution in [0.4, 0.5) is 11.4 Å². The van der Waals surface area contributed by atoms with Crippen molar-refractivity contribution in [2.45, 2.75) is 160 Å². The molecule has 1 aromatic heterocycles. The molecule has 1 amide bonds. The van der Waals surface area contributed by atoms with Crippen LogP contribution in [0.15, 0.2) is 66.5 Å². The zero-order valence-corrected chi connectivity index (χ0v) is 37.6. The molecule has 0 aliphatic carbocycles. The van der Waals surface area contributed by atoms with Gasteiger partial charge in [0.05, 0.1) is 11.4 Å². The summed E-state index contributed by atoms with van der Waals surface area (Å²) in [5.41, 5.74) is 1.42. The number of para-hydroxylation sites is 1. The average molecular weight is 841 g/mol. The fourth-order valence-corrected chi connectivity index (χ4v) is 9.87. The van der Waals surface area contributed by atoms with Crippen molar-refractivity contribution in [1.29, 1.82) is 0 Å². The van der Waals surface area contributed by atoms with Crippen molar-refractivity contribution in [3.8, 4) is 5.88 Å². The molecule has 2 N–H and O–H groups in total.